The lowest BCUT2D eigenvalue weighted by Gasteiger charge is -2.06. The summed E-state index contributed by atoms with van der Waals surface area (Å²) in [5, 5.41) is 3.75. The fraction of sp³-hybridized carbons (Fsp3) is 0.250. The number of thiophene rings is 1. The minimum absolute atomic E-state index is 0.290. The van der Waals surface area contributed by atoms with Crippen LogP contribution in [-0.2, 0) is 11.2 Å². The second kappa shape index (κ2) is 7.42. The van der Waals surface area contributed by atoms with Crippen molar-refractivity contribution in [3.8, 4) is 0 Å². The Bertz CT molecular complexity index is 696. The summed E-state index contributed by atoms with van der Waals surface area (Å²) in [4.78, 5) is 25.3. The highest BCUT2D eigenvalue weighted by Crippen LogP contribution is 2.30. The zero-order chi connectivity index (χ0) is 16.1. The molecule has 1 amide bonds. The van der Waals surface area contributed by atoms with E-state index < -0.39 is 5.97 Å². The number of carbonyl (C=O) groups is 2. The molecule has 0 fully saturated rings. The Labute approximate surface area is 138 Å². The number of aryl methyl sites for hydroxylation is 1. The normalized spacial score (nSPS) is 10.3. The first kappa shape index (κ1) is 16.5. The van der Waals surface area contributed by atoms with Gasteiger partial charge in [-0.05, 0) is 37.6 Å². The first-order valence-corrected chi connectivity index (χ1v) is 8.11. The molecule has 1 heterocycles. The quantitative estimate of drug-likeness (QED) is 0.823. The van der Waals surface area contributed by atoms with Crippen molar-refractivity contribution in [2.75, 3.05) is 11.9 Å². The Balaban J connectivity index is 2.26. The number of nitrogens with one attached hydrogen (secondary N) is 1. The molecule has 6 heteroatoms. The van der Waals surface area contributed by atoms with E-state index in [2.05, 4.69) is 5.32 Å². The lowest BCUT2D eigenvalue weighted by molar-refractivity contribution is 0.0528. The van der Waals surface area contributed by atoms with Crippen LogP contribution in [0.25, 0.3) is 0 Å². The predicted octanol–water partition coefficient (Wildman–Crippen LogP) is 4.39. The van der Waals surface area contributed by atoms with Gasteiger partial charge in [-0.2, -0.15) is 0 Å². The number of rotatable bonds is 5. The zero-order valence-corrected chi connectivity index (χ0v) is 13.9. The summed E-state index contributed by atoms with van der Waals surface area (Å²) in [7, 11) is 0. The number of carbonyl (C=O) groups excluding carboxylic acids is 2. The average molecular weight is 338 g/mol. The maximum absolute atomic E-state index is 12.3. The molecule has 0 aliphatic carbocycles. The van der Waals surface area contributed by atoms with Crippen molar-refractivity contribution in [1.29, 1.82) is 0 Å². The minimum atomic E-state index is -0.431. The highest BCUT2D eigenvalue weighted by atomic mass is 35.5. The van der Waals surface area contributed by atoms with Crippen LogP contribution >= 0.6 is 22.9 Å². The van der Waals surface area contributed by atoms with E-state index in [1.165, 1.54) is 11.3 Å². The summed E-state index contributed by atoms with van der Waals surface area (Å²) in [5.74, 6) is -0.739. The monoisotopic (exact) mass is 337 g/mol. The highest BCUT2D eigenvalue weighted by Gasteiger charge is 2.19. The minimum Gasteiger partial charge on any atom is -0.462 e. The standard InChI is InChI=1S/C16H16ClNO3S/c1-3-12-9-13(16(20)21-4-2)15(22-12)18-14(19)10-6-5-7-11(17)8-10/h5-9H,3-4H2,1-2H3,(H,18,19). The van der Waals surface area contributed by atoms with Crippen LogP contribution in [0.1, 0.15) is 39.4 Å². The SMILES string of the molecule is CCOC(=O)c1cc(CC)sc1NC(=O)c1cccc(Cl)c1. The molecule has 0 bridgehead atoms. The van der Waals surface area contributed by atoms with Gasteiger partial charge in [-0.1, -0.05) is 24.6 Å². The third-order valence-electron chi connectivity index (χ3n) is 2.94. The molecular weight excluding hydrogens is 322 g/mol. The van der Waals surface area contributed by atoms with Crippen LogP contribution in [0, 0.1) is 0 Å². The van der Waals surface area contributed by atoms with Crippen LogP contribution in [0.3, 0.4) is 0 Å². The smallest absolute Gasteiger partial charge is 0.341 e. The predicted molar refractivity (Wildman–Crippen MR) is 89.1 cm³/mol. The molecule has 22 heavy (non-hydrogen) atoms. The van der Waals surface area contributed by atoms with Crippen LogP contribution in [0.2, 0.25) is 5.02 Å². The molecule has 4 nitrogen and oxygen atoms in total. The summed E-state index contributed by atoms with van der Waals surface area (Å²) >= 11 is 7.27. The number of benzene rings is 1. The van der Waals surface area contributed by atoms with Crippen LogP contribution in [0.4, 0.5) is 5.00 Å². The van der Waals surface area contributed by atoms with Crippen LogP contribution < -0.4 is 5.32 Å². The van der Waals surface area contributed by atoms with Crippen molar-refractivity contribution in [2.24, 2.45) is 0 Å². The number of hydrogen-bond donors (Lipinski definition) is 1. The molecule has 1 N–H and O–H groups in total. The third-order valence-corrected chi connectivity index (χ3v) is 4.37. The van der Waals surface area contributed by atoms with Crippen molar-refractivity contribution in [3.63, 3.8) is 0 Å². The molecule has 0 saturated heterocycles. The lowest BCUT2D eigenvalue weighted by atomic mass is 10.2. The molecule has 0 aliphatic heterocycles. The van der Waals surface area contributed by atoms with Crippen molar-refractivity contribution >= 4 is 39.8 Å². The van der Waals surface area contributed by atoms with E-state index in [-0.39, 0.29) is 12.5 Å². The maximum Gasteiger partial charge on any atom is 0.341 e. The van der Waals surface area contributed by atoms with Gasteiger partial charge in [0.2, 0.25) is 0 Å². The number of esters is 1. The summed E-state index contributed by atoms with van der Waals surface area (Å²) in [5.41, 5.74) is 0.827. The van der Waals surface area contributed by atoms with Gasteiger partial charge < -0.3 is 10.1 Å². The molecule has 0 radical (unpaired) electrons. The molecular formula is C16H16ClNO3S. The number of anilines is 1. The maximum atomic E-state index is 12.3. The first-order chi connectivity index (χ1) is 10.5. The topological polar surface area (TPSA) is 55.4 Å². The number of halogens is 1. The Kier molecular flexibility index (Phi) is 5.57. The Morgan fingerprint density at radius 1 is 1.27 bits per heavy atom. The van der Waals surface area contributed by atoms with Crippen molar-refractivity contribution in [2.45, 2.75) is 20.3 Å². The zero-order valence-electron chi connectivity index (χ0n) is 12.3. The van der Waals surface area contributed by atoms with Gasteiger partial charge in [0.25, 0.3) is 5.91 Å². The van der Waals surface area contributed by atoms with Crippen molar-refractivity contribution in [3.05, 3.63) is 51.4 Å². The Hall–Kier alpha value is -1.85. The van der Waals surface area contributed by atoms with E-state index in [1.54, 1.807) is 37.3 Å². The first-order valence-electron chi connectivity index (χ1n) is 6.91. The van der Waals surface area contributed by atoms with E-state index in [0.717, 1.165) is 11.3 Å². The summed E-state index contributed by atoms with van der Waals surface area (Å²) < 4.78 is 5.03. The number of amides is 1. The average Bonchev–Trinajstić information content (AvgIpc) is 2.90. The molecule has 2 rings (SSSR count). The van der Waals surface area contributed by atoms with Gasteiger partial charge in [0.05, 0.1) is 12.2 Å². The molecule has 2 aromatic rings. The van der Waals surface area contributed by atoms with Gasteiger partial charge in [-0.25, -0.2) is 4.79 Å². The van der Waals surface area contributed by atoms with Gasteiger partial charge in [-0.15, -0.1) is 11.3 Å². The lowest BCUT2D eigenvalue weighted by Crippen LogP contribution is -2.14. The van der Waals surface area contributed by atoms with Gasteiger partial charge >= 0.3 is 5.97 Å². The van der Waals surface area contributed by atoms with E-state index in [0.29, 0.717) is 21.2 Å². The van der Waals surface area contributed by atoms with Crippen LogP contribution in [-0.4, -0.2) is 18.5 Å². The van der Waals surface area contributed by atoms with E-state index in [9.17, 15) is 9.59 Å². The number of hydrogen-bond acceptors (Lipinski definition) is 4. The molecule has 116 valence electrons. The van der Waals surface area contributed by atoms with Gasteiger partial charge in [-0.3, -0.25) is 4.79 Å². The second-order valence-electron chi connectivity index (χ2n) is 4.49. The van der Waals surface area contributed by atoms with Gasteiger partial charge in [0.1, 0.15) is 5.00 Å². The Morgan fingerprint density at radius 2 is 2.05 bits per heavy atom. The van der Waals surface area contributed by atoms with E-state index >= 15 is 0 Å². The van der Waals surface area contributed by atoms with E-state index in [1.807, 2.05) is 6.92 Å². The third kappa shape index (κ3) is 3.87. The molecule has 0 spiro atoms. The fourth-order valence-corrected chi connectivity index (χ4v) is 3.04. The number of ether oxygens (including phenoxy) is 1. The summed E-state index contributed by atoms with van der Waals surface area (Å²) in [6.07, 6.45) is 0.782. The van der Waals surface area contributed by atoms with Crippen LogP contribution in [0.15, 0.2) is 30.3 Å². The molecule has 1 aromatic carbocycles. The van der Waals surface area contributed by atoms with Crippen molar-refractivity contribution in [1.82, 2.24) is 0 Å². The van der Waals surface area contributed by atoms with Crippen LogP contribution in [0.5, 0.6) is 0 Å². The molecule has 0 saturated carbocycles. The fourth-order valence-electron chi connectivity index (χ4n) is 1.87. The second-order valence-corrected chi connectivity index (χ2v) is 6.07. The largest absolute Gasteiger partial charge is 0.462 e. The summed E-state index contributed by atoms with van der Waals surface area (Å²) in [6, 6.07) is 8.41. The molecule has 1 aromatic heterocycles. The molecule has 0 unspecified atom stereocenters. The summed E-state index contributed by atoms with van der Waals surface area (Å²) in [6.45, 7) is 4.02. The highest BCUT2D eigenvalue weighted by molar-refractivity contribution is 7.16. The van der Waals surface area contributed by atoms with Gasteiger partial charge in [0, 0.05) is 15.5 Å². The van der Waals surface area contributed by atoms with Gasteiger partial charge in [0.15, 0.2) is 0 Å². The molecule has 0 atom stereocenters. The Morgan fingerprint density at radius 3 is 2.68 bits per heavy atom. The van der Waals surface area contributed by atoms with Crippen molar-refractivity contribution < 1.29 is 14.3 Å². The molecule has 0 aliphatic rings. The van der Waals surface area contributed by atoms with E-state index in [4.69, 9.17) is 16.3 Å².